The summed E-state index contributed by atoms with van der Waals surface area (Å²) in [6.07, 6.45) is 8.15. The average Bonchev–Trinajstić information content (AvgIpc) is 3.07. The molecule has 1 N–H and O–H groups in total. The van der Waals surface area contributed by atoms with E-state index in [-0.39, 0.29) is 11.8 Å². The lowest BCUT2D eigenvalue weighted by Gasteiger charge is -2.28. The van der Waals surface area contributed by atoms with E-state index in [1.54, 1.807) is 6.33 Å². The number of aromatic nitrogens is 2. The van der Waals surface area contributed by atoms with Crippen molar-refractivity contribution in [3.05, 3.63) is 53.6 Å². The highest BCUT2D eigenvalue weighted by Gasteiger charge is 2.32. The number of aryl methyl sites for hydroxylation is 2. The van der Waals surface area contributed by atoms with Gasteiger partial charge in [0.25, 0.3) is 0 Å². The molecule has 0 saturated carbocycles. The maximum atomic E-state index is 13.1. The Bertz CT molecular complexity index is 742. The number of fused-ring (bicyclic) bond motifs is 1. The molecule has 1 fully saturated rings. The van der Waals surface area contributed by atoms with Gasteiger partial charge in [-0.3, -0.25) is 4.79 Å². The Labute approximate surface area is 161 Å². The van der Waals surface area contributed by atoms with E-state index in [1.165, 1.54) is 12.0 Å². The maximum absolute atomic E-state index is 13.1. The van der Waals surface area contributed by atoms with Gasteiger partial charge in [0.1, 0.15) is 0 Å². The summed E-state index contributed by atoms with van der Waals surface area (Å²) in [4.78, 5) is 25.4. The van der Waals surface area contributed by atoms with Crippen LogP contribution in [-0.2, 0) is 17.6 Å². The summed E-state index contributed by atoms with van der Waals surface area (Å²) in [6, 6.07) is 10.7. The van der Waals surface area contributed by atoms with Crippen LogP contribution in [0.5, 0.6) is 0 Å². The number of aromatic amines is 1. The number of benzene rings is 1. The van der Waals surface area contributed by atoms with Crippen LogP contribution in [-0.4, -0.2) is 58.4 Å². The molecule has 144 valence electrons. The number of hydrogen-bond acceptors (Lipinski definition) is 3. The van der Waals surface area contributed by atoms with Gasteiger partial charge in [0, 0.05) is 25.3 Å². The van der Waals surface area contributed by atoms with Crippen LogP contribution in [0.4, 0.5) is 0 Å². The van der Waals surface area contributed by atoms with Gasteiger partial charge >= 0.3 is 0 Å². The van der Waals surface area contributed by atoms with Crippen LogP contribution in [0.1, 0.15) is 48.6 Å². The first-order valence-corrected chi connectivity index (χ1v) is 10.4. The van der Waals surface area contributed by atoms with Crippen molar-refractivity contribution in [1.82, 2.24) is 19.8 Å². The van der Waals surface area contributed by atoms with Crippen molar-refractivity contribution in [2.75, 3.05) is 32.7 Å². The largest absolute Gasteiger partial charge is 0.348 e. The number of rotatable bonds is 5. The zero-order chi connectivity index (χ0) is 18.5. The SMILES string of the molecule is O=C(C1CCCc2[nH]cnc21)N1CCCN(CCCc2ccccc2)CC1. The molecule has 0 spiro atoms. The topological polar surface area (TPSA) is 52.2 Å². The monoisotopic (exact) mass is 366 g/mol. The molecule has 2 aromatic rings. The molecule has 5 nitrogen and oxygen atoms in total. The van der Waals surface area contributed by atoms with Gasteiger partial charge in [-0.05, 0) is 57.2 Å². The molecule has 1 aromatic heterocycles. The molecule has 1 unspecified atom stereocenters. The molecule has 1 aliphatic carbocycles. The van der Waals surface area contributed by atoms with E-state index < -0.39 is 0 Å². The van der Waals surface area contributed by atoms with E-state index in [4.69, 9.17) is 0 Å². The van der Waals surface area contributed by atoms with E-state index in [9.17, 15) is 4.79 Å². The molecule has 1 saturated heterocycles. The van der Waals surface area contributed by atoms with Gasteiger partial charge < -0.3 is 14.8 Å². The first kappa shape index (κ1) is 18.2. The quantitative estimate of drug-likeness (QED) is 0.885. The van der Waals surface area contributed by atoms with Crippen LogP contribution < -0.4 is 0 Å². The zero-order valence-electron chi connectivity index (χ0n) is 16.1. The Morgan fingerprint density at radius 2 is 2.00 bits per heavy atom. The highest BCUT2D eigenvalue weighted by atomic mass is 16.2. The Morgan fingerprint density at radius 1 is 1.11 bits per heavy atom. The fraction of sp³-hybridized carbons (Fsp3) is 0.545. The van der Waals surface area contributed by atoms with Crippen LogP contribution in [0, 0.1) is 0 Å². The molecule has 4 rings (SSSR count). The first-order valence-electron chi connectivity index (χ1n) is 10.4. The molecule has 0 radical (unpaired) electrons. The fourth-order valence-electron chi connectivity index (χ4n) is 4.48. The summed E-state index contributed by atoms with van der Waals surface area (Å²) < 4.78 is 0. The minimum Gasteiger partial charge on any atom is -0.348 e. The van der Waals surface area contributed by atoms with Crippen molar-refractivity contribution in [3.63, 3.8) is 0 Å². The zero-order valence-corrected chi connectivity index (χ0v) is 16.1. The number of carbonyl (C=O) groups excluding carboxylic acids is 1. The van der Waals surface area contributed by atoms with Crippen molar-refractivity contribution in [2.45, 2.75) is 44.4 Å². The van der Waals surface area contributed by atoms with E-state index >= 15 is 0 Å². The minimum atomic E-state index is -0.0374. The predicted molar refractivity (Wildman–Crippen MR) is 107 cm³/mol. The van der Waals surface area contributed by atoms with Crippen molar-refractivity contribution in [1.29, 1.82) is 0 Å². The molecule has 5 heteroatoms. The molecule has 1 aromatic carbocycles. The summed E-state index contributed by atoms with van der Waals surface area (Å²) in [7, 11) is 0. The number of hydrogen-bond donors (Lipinski definition) is 1. The Balaban J connectivity index is 1.28. The van der Waals surface area contributed by atoms with Crippen LogP contribution in [0.25, 0.3) is 0 Å². The number of carbonyl (C=O) groups is 1. The standard InChI is InChI=1S/C22H30N4O/c27-22(19-10-4-11-20-21(19)24-17-23-20)26-14-6-13-25(15-16-26)12-5-9-18-7-2-1-3-8-18/h1-3,7-8,17,19H,4-6,9-16H2,(H,23,24). The lowest BCUT2D eigenvalue weighted by Crippen LogP contribution is -2.39. The highest BCUT2D eigenvalue weighted by molar-refractivity contribution is 5.83. The van der Waals surface area contributed by atoms with Crippen molar-refractivity contribution < 1.29 is 4.79 Å². The third-order valence-corrected chi connectivity index (χ3v) is 5.98. The molecule has 2 heterocycles. The second-order valence-corrected chi connectivity index (χ2v) is 7.82. The summed E-state index contributed by atoms with van der Waals surface area (Å²) in [5, 5.41) is 0. The predicted octanol–water partition coefficient (Wildman–Crippen LogP) is 3.00. The van der Waals surface area contributed by atoms with Crippen LogP contribution >= 0.6 is 0 Å². The molecular formula is C22H30N4O. The van der Waals surface area contributed by atoms with Crippen LogP contribution in [0.2, 0.25) is 0 Å². The van der Waals surface area contributed by atoms with E-state index in [0.29, 0.717) is 0 Å². The minimum absolute atomic E-state index is 0.0374. The van der Waals surface area contributed by atoms with Crippen molar-refractivity contribution in [3.8, 4) is 0 Å². The van der Waals surface area contributed by atoms with Crippen molar-refractivity contribution >= 4 is 5.91 Å². The van der Waals surface area contributed by atoms with Gasteiger partial charge in [0.15, 0.2) is 0 Å². The number of imidazole rings is 1. The summed E-state index contributed by atoms with van der Waals surface area (Å²) in [6.45, 7) is 4.92. The smallest absolute Gasteiger partial charge is 0.231 e. The van der Waals surface area contributed by atoms with Gasteiger partial charge in [-0.1, -0.05) is 30.3 Å². The molecule has 1 amide bonds. The normalized spacial score (nSPS) is 20.9. The van der Waals surface area contributed by atoms with E-state index in [0.717, 1.165) is 76.2 Å². The lowest BCUT2D eigenvalue weighted by molar-refractivity contribution is -0.133. The lowest BCUT2D eigenvalue weighted by atomic mass is 9.88. The van der Waals surface area contributed by atoms with E-state index in [2.05, 4.69) is 50.1 Å². The second-order valence-electron chi connectivity index (χ2n) is 7.82. The molecule has 1 aliphatic heterocycles. The van der Waals surface area contributed by atoms with Crippen LogP contribution in [0.15, 0.2) is 36.7 Å². The first-order chi connectivity index (χ1) is 13.3. The summed E-state index contributed by atoms with van der Waals surface area (Å²) >= 11 is 0. The van der Waals surface area contributed by atoms with Gasteiger partial charge in [-0.2, -0.15) is 0 Å². The summed E-state index contributed by atoms with van der Waals surface area (Å²) in [5.74, 6) is 0.249. The average molecular weight is 367 g/mol. The number of amides is 1. The second kappa shape index (κ2) is 8.70. The Morgan fingerprint density at radius 3 is 2.89 bits per heavy atom. The van der Waals surface area contributed by atoms with Gasteiger partial charge in [0.05, 0.1) is 17.9 Å². The molecule has 2 aliphatic rings. The van der Waals surface area contributed by atoms with Crippen LogP contribution in [0.3, 0.4) is 0 Å². The molecule has 1 atom stereocenters. The molecule has 0 bridgehead atoms. The van der Waals surface area contributed by atoms with Crippen molar-refractivity contribution in [2.24, 2.45) is 0 Å². The third kappa shape index (κ3) is 4.41. The summed E-state index contributed by atoms with van der Waals surface area (Å²) in [5.41, 5.74) is 3.57. The van der Waals surface area contributed by atoms with E-state index in [1.807, 2.05) is 0 Å². The molecule has 27 heavy (non-hydrogen) atoms. The Kier molecular flexibility index (Phi) is 5.87. The van der Waals surface area contributed by atoms with Gasteiger partial charge in [-0.25, -0.2) is 4.98 Å². The maximum Gasteiger partial charge on any atom is 0.231 e. The van der Waals surface area contributed by atoms with Gasteiger partial charge in [-0.15, -0.1) is 0 Å². The number of nitrogens with zero attached hydrogens (tertiary/aromatic N) is 3. The third-order valence-electron chi connectivity index (χ3n) is 5.98. The van der Waals surface area contributed by atoms with Gasteiger partial charge in [0.2, 0.25) is 5.91 Å². The Hall–Kier alpha value is -2.14. The fourth-order valence-corrected chi connectivity index (χ4v) is 4.48. The number of nitrogens with one attached hydrogen (secondary N) is 1. The number of H-pyrrole nitrogens is 1. The highest BCUT2D eigenvalue weighted by Crippen LogP contribution is 2.31. The molecular weight excluding hydrogens is 336 g/mol.